The van der Waals surface area contributed by atoms with Crippen molar-refractivity contribution in [3.8, 4) is 0 Å². The van der Waals surface area contributed by atoms with E-state index in [0.29, 0.717) is 5.92 Å². The van der Waals surface area contributed by atoms with Crippen molar-refractivity contribution in [2.24, 2.45) is 5.92 Å². The van der Waals surface area contributed by atoms with Crippen LogP contribution >= 0.6 is 0 Å². The van der Waals surface area contributed by atoms with Crippen molar-refractivity contribution < 1.29 is 14.3 Å². The first-order chi connectivity index (χ1) is 10.8. The van der Waals surface area contributed by atoms with Gasteiger partial charge in [-0.05, 0) is 24.5 Å². The lowest BCUT2D eigenvalue weighted by Gasteiger charge is -2.36. The average molecular weight is 306 g/mol. The summed E-state index contributed by atoms with van der Waals surface area (Å²) in [6.45, 7) is 6.85. The van der Waals surface area contributed by atoms with Crippen LogP contribution in [0.1, 0.15) is 16.9 Å². The first kappa shape index (κ1) is 15.2. The molecule has 2 saturated heterocycles. The molecule has 1 atom stereocenters. The van der Waals surface area contributed by atoms with Crippen molar-refractivity contribution in [3.63, 3.8) is 0 Å². The number of carbonyl (C=O) groups excluding carboxylic acids is 1. The third-order valence-corrected chi connectivity index (χ3v) is 4.28. The molecule has 2 fully saturated rings. The number of nitrogens with zero attached hydrogens (tertiary/aromatic N) is 4. The average Bonchev–Trinajstić information content (AvgIpc) is 3.08. The maximum absolute atomic E-state index is 11.4. The van der Waals surface area contributed by atoms with E-state index in [0.717, 1.165) is 51.8 Å². The molecule has 2 aliphatic heterocycles. The van der Waals surface area contributed by atoms with Crippen LogP contribution in [0.4, 0.5) is 5.82 Å². The Hall–Kier alpha value is -1.73. The normalized spacial score (nSPS) is 22.8. The molecular weight excluding hydrogens is 284 g/mol. The fraction of sp³-hybridized carbons (Fsp3) is 0.667. The lowest BCUT2D eigenvalue weighted by Crippen LogP contribution is -2.48. The lowest BCUT2D eigenvalue weighted by atomic mass is 10.1. The van der Waals surface area contributed by atoms with Crippen molar-refractivity contribution in [2.75, 3.05) is 57.9 Å². The van der Waals surface area contributed by atoms with Crippen molar-refractivity contribution in [3.05, 3.63) is 17.8 Å². The highest BCUT2D eigenvalue weighted by atomic mass is 16.5. The van der Waals surface area contributed by atoms with Gasteiger partial charge < -0.3 is 14.4 Å². The van der Waals surface area contributed by atoms with Crippen LogP contribution in [-0.2, 0) is 9.47 Å². The van der Waals surface area contributed by atoms with Crippen LogP contribution < -0.4 is 4.90 Å². The quantitative estimate of drug-likeness (QED) is 0.747. The van der Waals surface area contributed by atoms with E-state index in [-0.39, 0.29) is 5.69 Å². The number of rotatable bonds is 4. The molecule has 22 heavy (non-hydrogen) atoms. The molecule has 0 saturated carbocycles. The van der Waals surface area contributed by atoms with Crippen molar-refractivity contribution in [2.45, 2.75) is 6.42 Å². The molecule has 0 spiro atoms. The Morgan fingerprint density at radius 3 is 2.73 bits per heavy atom. The van der Waals surface area contributed by atoms with Crippen molar-refractivity contribution >= 4 is 11.8 Å². The van der Waals surface area contributed by atoms with E-state index in [1.807, 2.05) is 6.07 Å². The summed E-state index contributed by atoms with van der Waals surface area (Å²) in [6, 6.07) is 3.50. The van der Waals surface area contributed by atoms with Crippen LogP contribution in [0, 0.1) is 5.92 Å². The van der Waals surface area contributed by atoms with Gasteiger partial charge in [-0.1, -0.05) is 0 Å². The van der Waals surface area contributed by atoms with Crippen LogP contribution in [0.3, 0.4) is 0 Å². The fourth-order valence-electron chi connectivity index (χ4n) is 2.96. The predicted molar refractivity (Wildman–Crippen MR) is 81.0 cm³/mol. The van der Waals surface area contributed by atoms with Gasteiger partial charge in [-0.15, -0.1) is 10.2 Å². The molecule has 0 aromatic carbocycles. The van der Waals surface area contributed by atoms with Gasteiger partial charge in [0.15, 0.2) is 11.5 Å². The summed E-state index contributed by atoms with van der Waals surface area (Å²) in [4.78, 5) is 16.0. The van der Waals surface area contributed by atoms with E-state index in [9.17, 15) is 4.79 Å². The maximum Gasteiger partial charge on any atom is 0.358 e. The van der Waals surface area contributed by atoms with Gasteiger partial charge in [0, 0.05) is 39.3 Å². The highest BCUT2D eigenvalue weighted by molar-refractivity contribution is 5.86. The Labute approximate surface area is 130 Å². The molecule has 1 aromatic heterocycles. The molecule has 0 N–H and O–H groups in total. The van der Waals surface area contributed by atoms with Crippen LogP contribution in [0.15, 0.2) is 12.1 Å². The smallest absolute Gasteiger partial charge is 0.358 e. The summed E-state index contributed by atoms with van der Waals surface area (Å²) >= 11 is 0. The molecule has 0 bridgehead atoms. The molecular formula is C15H22N4O3. The van der Waals surface area contributed by atoms with Crippen LogP contribution in [0.25, 0.3) is 0 Å². The second-order valence-electron chi connectivity index (χ2n) is 5.79. The minimum absolute atomic E-state index is 0.242. The van der Waals surface area contributed by atoms with Crippen LogP contribution in [0.5, 0.6) is 0 Å². The second kappa shape index (κ2) is 7.02. The summed E-state index contributed by atoms with van der Waals surface area (Å²) in [7, 11) is 1.34. The number of aromatic nitrogens is 2. The van der Waals surface area contributed by atoms with Crippen molar-refractivity contribution in [1.29, 1.82) is 0 Å². The minimum Gasteiger partial charge on any atom is -0.464 e. The fourth-order valence-corrected chi connectivity index (χ4v) is 2.96. The third kappa shape index (κ3) is 3.53. The monoisotopic (exact) mass is 306 g/mol. The first-order valence-corrected chi connectivity index (χ1v) is 7.73. The highest BCUT2D eigenvalue weighted by Crippen LogP contribution is 2.17. The third-order valence-electron chi connectivity index (χ3n) is 4.28. The molecule has 3 heterocycles. The highest BCUT2D eigenvalue weighted by Gasteiger charge is 2.23. The number of methoxy groups -OCH3 is 1. The molecule has 7 heteroatoms. The molecule has 0 radical (unpaired) electrons. The topological polar surface area (TPSA) is 67.8 Å². The number of hydrogen-bond donors (Lipinski definition) is 0. The zero-order valence-corrected chi connectivity index (χ0v) is 12.9. The van der Waals surface area contributed by atoms with Gasteiger partial charge >= 0.3 is 5.97 Å². The Balaban J connectivity index is 1.51. The summed E-state index contributed by atoms with van der Waals surface area (Å²) in [5.74, 6) is 1.05. The standard InChI is InChI=1S/C15H22N4O3/c1-21-15(20)13-2-3-14(17-16-13)19-7-5-18(6-8-19)10-12-4-9-22-11-12/h2-3,12H,4-11H2,1H3. The Morgan fingerprint density at radius 1 is 1.32 bits per heavy atom. The van der Waals surface area contributed by atoms with Gasteiger partial charge in [0.05, 0.1) is 13.7 Å². The molecule has 0 aliphatic carbocycles. The Morgan fingerprint density at radius 2 is 2.14 bits per heavy atom. The van der Waals surface area contributed by atoms with E-state index in [1.54, 1.807) is 6.07 Å². The summed E-state index contributed by atoms with van der Waals surface area (Å²) in [5.41, 5.74) is 0.242. The van der Waals surface area contributed by atoms with E-state index >= 15 is 0 Å². The molecule has 2 aliphatic rings. The summed E-state index contributed by atoms with van der Waals surface area (Å²) < 4.78 is 10.1. The number of anilines is 1. The van der Waals surface area contributed by atoms with E-state index in [2.05, 4.69) is 24.7 Å². The number of carbonyl (C=O) groups is 1. The molecule has 1 aromatic rings. The molecule has 1 unspecified atom stereocenters. The van der Waals surface area contributed by atoms with E-state index in [1.165, 1.54) is 13.5 Å². The largest absolute Gasteiger partial charge is 0.464 e. The van der Waals surface area contributed by atoms with E-state index < -0.39 is 5.97 Å². The van der Waals surface area contributed by atoms with Gasteiger partial charge in [-0.3, -0.25) is 4.90 Å². The maximum atomic E-state index is 11.4. The lowest BCUT2D eigenvalue weighted by molar-refractivity contribution is 0.0592. The SMILES string of the molecule is COC(=O)c1ccc(N2CCN(CC3CCOC3)CC2)nn1. The number of ether oxygens (including phenoxy) is 2. The Kier molecular flexibility index (Phi) is 4.84. The van der Waals surface area contributed by atoms with Gasteiger partial charge in [0.1, 0.15) is 0 Å². The molecule has 3 rings (SSSR count). The van der Waals surface area contributed by atoms with Gasteiger partial charge in [0.2, 0.25) is 0 Å². The first-order valence-electron chi connectivity index (χ1n) is 7.73. The molecule has 120 valence electrons. The Bertz CT molecular complexity index is 494. The second-order valence-corrected chi connectivity index (χ2v) is 5.79. The van der Waals surface area contributed by atoms with Gasteiger partial charge in [-0.25, -0.2) is 4.79 Å². The zero-order chi connectivity index (χ0) is 15.4. The number of piperazine rings is 1. The zero-order valence-electron chi connectivity index (χ0n) is 12.9. The van der Waals surface area contributed by atoms with Gasteiger partial charge in [-0.2, -0.15) is 0 Å². The summed E-state index contributed by atoms with van der Waals surface area (Å²) in [6.07, 6.45) is 1.18. The van der Waals surface area contributed by atoms with Crippen LogP contribution in [0.2, 0.25) is 0 Å². The molecule has 0 amide bonds. The minimum atomic E-state index is -0.456. The predicted octanol–water partition coefficient (Wildman–Crippen LogP) is 0.422. The molecule has 7 nitrogen and oxygen atoms in total. The van der Waals surface area contributed by atoms with Gasteiger partial charge in [0.25, 0.3) is 0 Å². The summed E-state index contributed by atoms with van der Waals surface area (Å²) in [5, 5.41) is 8.07. The van der Waals surface area contributed by atoms with Crippen molar-refractivity contribution in [1.82, 2.24) is 15.1 Å². The number of hydrogen-bond acceptors (Lipinski definition) is 7. The number of esters is 1. The van der Waals surface area contributed by atoms with E-state index in [4.69, 9.17) is 4.74 Å². The van der Waals surface area contributed by atoms with Crippen LogP contribution in [-0.4, -0.2) is 74.1 Å².